The molecule has 0 aliphatic carbocycles. The Labute approximate surface area is 191 Å². The van der Waals surface area contributed by atoms with Gasteiger partial charge >= 0.3 is 0 Å². The van der Waals surface area contributed by atoms with Gasteiger partial charge in [-0.25, -0.2) is 8.42 Å². The van der Waals surface area contributed by atoms with E-state index in [0.717, 1.165) is 55.5 Å². The SMILES string of the molecule is COc1ccc(CNCc2cc(NS(C)(=O)=O)cc(C(=O)N3CCCCC3)c2)c(C)c1C. The largest absolute Gasteiger partial charge is 0.496 e. The van der Waals surface area contributed by atoms with Crippen LogP contribution >= 0.6 is 0 Å². The quantitative estimate of drug-likeness (QED) is 0.630. The summed E-state index contributed by atoms with van der Waals surface area (Å²) in [6.07, 6.45) is 4.25. The number of likely N-dealkylation sites (tertiary alicyclic amines) is 1. The average Bonchev–Trinajstić information content (AvgIpc) is 2.75. The number of piperidine rings is 1. The van der Waals surface area contributed by atoms with Crippen LogP contribution in [0.5, 0.6) is 5.75 Å². The Morgan fingerprint density at radius 3 is 2.41 bits per heavy atom. The molecule has 1 heterocycles. The van der Waals surface area contributed by atoms with Crippen molar-refractivity contribution in [2.45, 2.75) is 46.2 Å². The van der Waals surface area contributed by atoms with Crippen LogP contribution in [0.1, 0.15) is 51.9 Å². The smallest absolute Gasteiger partial charge is 0.253 e. The van der Waals surface area contributed by atoms with E-state index in [-0.39, 0.29) is 5.91 Å². The molecular formula is C24H33N3O4S. The third kappa shape index (κ3) is 6.23. The van der Waals surface area contributed by atoms with Crippen molar-refractivity contribution in [3.63, 3.8) is 0 Å². The maximum Gasteiger partial charge on any atom is 0.253 e. The normalized spacial score (nSPS) is 14.3. The molecule has 2 aromatic carbocycles. The number of carbonyl (C=O) groups excluding carboxylic acids is 1. The van der Waals surface area contributed by atoms with Crippen molar-refractivity contribution in [3.8, 4) is 5.75 Å². The van der Waals surface area contributed by atoms with Gasteiger partial charge in [-0.1, -0.05) is 6.07 Å². The second-order valence-corrected chi connectivity index (χ2v) is 10.2. The molecule has 1 amide bonds. The summed E-state index contributed by atoms with van der Waals surface area (Å²) in [5, 5.41) is 3.42. The van der Waals surface area contributed by atoms with Crippen LogP contribution < -0.4 is 14.8 Å². The average molecular weight is 460 g/mol. The number of anilines is 1. The van der Waals surface area contributed by atoms with Crippen molar-refractivity contribution < 1.29 is 17.9 Å². The summed E-state index contributed by atoms with van der Waals surface area (Å²) in [5.74, 6) is 0.816. The fraction of sp³-hybridized carbons (Fsp3) is 0.458. The molecule has 1 aliphatic heterocycles. The van der Waals surface area contributed by atoms with Crippen molar-refractivity contribution in [3.05, 3.63) is 58.1 Å². The molecule has 2 aromatic rings. The minimum atomic E-state index is -3.45. The van der Waals surface area contributed by atoms with Gasteiger partial charge in [0, 0.05) is 37.4 Å². The predicted octanol–water partition coefficient (Wildman–Crippen LogP) is 3.60. The molecule has 32 heavy (non-hydrogen) atoms. The Morgan fingerprint density at radius 2 is 1.75 bits per heavy atom. The lowest BCUT2D eigenvalue weighted by atomic mass is 10.0. The summed E-state index contributed by atoms with van der Waals surface area (Å²) < 4.78 is 31.5. The van der Waals surface area contributed by atoms with E-state index < -0.39 is 10.0 Å². The third-order valence-electron chi connectivity index (χ3n) is 5.90. The van der Waals surface area contributed by atoms with Gasteiger partial charge in [-0.05, 0) is 79.6 Å². The number of carbonyl (C=O) groups is 1. The van der Waals surface area contributed by atoms with Crippen LogP contribution in [-0.2, 0) is 23.1 Å². The molecule has 0 aromatic heterocycles. The first kappa shape index (κ1) is 24.1. The van der Waals surface area contributed by atoms with Crippen molar-refractivity contribution >= 4 is 21.6 Å². The van der Waals surface area contributed by atoms with Crippen LogP contribution in [0, 0.1) is 13.8 Å². The monoisotopic (exact) mass is 459 g/mol. The van der Waals surface area contributed by atoms with Crippen LogP contribution in [0.3, 0.4) is 0 Å². The van der Waals surface area contributed by atoms with Crippen LogP contribution in [0.2, 0.25) is 0 Å². The highest BCUT2D eigenvalue weighted by atomic mass is 32.2. The second-order valence-electron chi connectivity index (χ2n) is 8.43. The topological polar surface area (TPSA) is 87.7 Å². The van der Waals surface area contributed by atoms with E-state index in [0.29, 0.717) is 24.3 Å². The molecule has 1 aliphatic rings. The minimum absolute atomic E-state index is 0.0512. The van der Waals surface area contributed by atoms with Gasteiger partial charge in [-0.2, -0.15) is 0 Å². The van der Waals surface area contributed by atoms with Crippen molar-refractivity contribution in [1.29, 1.82) is 0 Å². The Balaban J connectivity index is 1.78. The summed E-state index contributed by atoms with van der Waals surface area (Å²) in [7, 11) is -1.78. The number of sulfonamides is 1. The third-order valence-corrected chi connectivity index (χ3v) is 6.51. The molecule has 3 rings (SSSR count). The van der Waals surface area contributed by atoms with Crippen LogP contribution in [0.15, 0.2) is 30.3 Å². The highest BCUT2D eigenvalue weighted by Crippen LogP contribution is 2.24. The summed E-state index contributed by atoms with van der Waals surface area (Å²) in [4.78, 5) is 14.9. The van der Waals surface area contributed by atoms with E-state index in [1.54, 1.807) is 19.2 Å². The lowest BCUT2D eigenvalue weighted by molar-refractivity contribution is 0.0724. The van der Waals surface area contributed by atoms with Gasteiger partial charge in [0.05, 0.1) is 13.4 Å². The number of methoxy groups -OCH3 is 1. The molecule has 0 saturated carbocycles. The van der Waals surface area contributed by atoms with Gasteiger partial charge in [0.15, 0.2) is 0 Å². The zero-order valence-electron chi connectivity index (χ0n) is 19.3. The van der Waals surface area contributed by atoms with Gasteiger partial charge in [0.25, 0.3) is 5.91 Å². The Bertz CT molecular complexity index is 1080. The van der Waals surface area contributed by atoms with E-state index in [1.165, 1.54) is 11.1 Å². The van der Waals surface area contributed by atoms with Crippen molar-refractivity contribution in [2.24, 2.45) is 0 Å². The molecule has 1 saturated heterocycles. The number of nitrogens with one attached hydrogen (secondary N) is 2. The molecule has 0 spiro atoms. The van der Waals surface area contributed by atoms with Crippen LogP contribution in [0.4, 0.5) is 5.69 Å². The van der Waals surface area contributed by atoms with E-state index in [2.05, 4.69) is 17.0 Å². The zero-order valence-corrected chi connectivity index (χ0v) is 20.1. The van der Waals surface area contributed by atoms with Gasteiger partial charge in [0.2, 0.25) is 10.0 Å². The number of amides is 1. The number of nitrogens with zero attached hydrogens (tertiary/aromatic N) is 1. The fourth-order valence-corrected chi connectivity index (χ4v) is 4.62. The Kier molecular flexibility index (Phi) is 7.79. The molecule has 7 nitrogen and oxygen atoms in total. The van der Waals surface area contributed by atoms with Crippen LogP contribution in [0.25, 0.3) is 0 Å². The number of benzene rings is 2. The molecule has 0 bridgehead atoms. The number of hydrogen-bond donors (Lipinski definition) is 2. The first-order valence-electron chi connectivity index (χ1n) is 10.9. The van der Waals surface area contributed by atoms with Gasteiger partial charge in [-0.3, -0.25) is 9.52 Å². The van der Waals surface area contributed by atoms with E-state index in [9.17, 15) is 13.2 Å². The van der Waals surface area contributed by atoms with Gasteiger partial charge in [-0.15, -0.1) is 0 Å². The first-order valence-corrected chi connectivity index (χ1v) is 12.8. The predicted molar refractivity (Wildman–Crippen MR) is 128 cm³/mol. The molecule has 2 N–H and O–H groups in total. The minimum Gasteiger partial charge on any atom is -0.496 e. The molecule has 174 valence electrons. The maximum absolute atomic E-state index is 13.0. The molecule has 0 atom stereocenters. The standard InChI is InChI=1S/C24H33N3O4S/c1-17-18(2)23(31-3)9-8-20(17)16-25-15-19-12-21(14-22(13-19)26-32(4,29)30)24(28)27-10-6-5-7-11-27/h8-9,12-14,25-26H,5-7,10-11,15-16H2,1-4H3. The van der Waals surface area contributed by atoms with E-state index in [4.69, 9.17) is 4.74 Å². The number of rotatable bonds is 8. The van der Waals surface area contributed by atoms with Gasteiger partial charge < -0.3 is 15.0 Å². The summed E-state index contributed by atoms with van der Waals surface area (Å²) >= 11 is 0. The van der Waals surface area contributed by atoms with Crippen molar-refractivity contribution in [2.75, 3.05) is 31.2 Å². The van der Waals surface area contributed by atoms with Crippen LogP contribution in [-0.4, -0.2) is 45.7 Å². The highest BCUT2D eigenvalue weighted by Gasteiger charge is 2.19. The fourth-order valence-electron chi connectivity index (χ4n) is 4.08. The molecule has 0 radical (unpaired) electrons. The highest BCUT2D eigenvalue weighted by molar-refractivity contribution is 7.92. The van der Waals surface area contributed by atoms with Crippen molar-refractivity contribution in [1.82, 2.24) is 10.2 Å². The lowest BCUT2D eigenvalue weighted by Crippen LogP contribution is -2.35. The summed E-state index contributed by atoms with van der Waals surface area (Å²) in [6, 6.07) is 9.25. The first-order chi connectivity index (χ1) is 15.2. The van der Waals surface area contributed by atoms with Gasteiger partial charge in [0.1, 0.15) is 5.75 Å². The lowest BCUT2D eigenvalue weighted by Gasteiger charge is -2.27. The Hall–Kier alpha value is -2.58. The maximum atomic E-state index is 13.0. The second kappa shape index (κ2) is 10.4. The van der Waals surface area contributed by atoms with E-state index >= 15 is 0 Å². The Morgan fingerprint density at radius 1 is 1.03 bits per heavy atom. The zero-order chi connectivity index (χ0) is 23.3. The molecule has 8 heteroatoms. The number of hydrogen-bond acceptors (Lipinski definition) is 5. The molecule has 0 unspecified atom stereocenters. The number of ether oxygens (including phenoxy) is 1. The van der Waals surface area contributed by atoms with E-state index in [1.807, 2.05) is 30.0 Å². The molecular weight excluding hydrogens is 426 g/mol. The molecule has 1 fully saturated rings. The summed E-state index contributed by atoms with van der Waals surface area (Å²) in [6.45, 7) is 6.75. The summed E-state index contributed by atoms with van der Waals surface area (Å²) in [5.41, 5.74) is 5.21.